The smallest absolute Gasteiger partial charge is 0.263 e. The van der Waals surface area contributed by atoms with Crippen LogP contribution in [0.2, 0.25) is 0 Å². The number of nitrogens with zero attached hydrogens (tertiary/aromatic N) is 1. The van der Waals surface area contributed by atoms with Gasteiger partial charge in [-0.15, -0.1) is 22.7 Å². The summed E-state index contributed by atoms with van der Waals surface area (Å²) in [5.74, 6) is 5.78. The number of thiophene rings is 1. The van der Waals surface area contributed by atoms with E-state index in [2.05, 4.69) is 22.1 Å². The Morgan fingerprint density at radius 1 is 1.38 bits per heavy atom. The normalized spacial score (nSPS) is 10.0. The summed E-state index contributed by atoms with van der Waals surface area (Å²) < 4.78 is 0. The minimum atomic E-state index is -0.0839. The third-order valence-corrected chi connectivity index (χ3v) is 4.72. The Kier molecular flexibility index (Phi) is 5.51. The molecule has 110 valence electrons. The number of carbonyl (C=O) groups is 1. The maximum absolute atomic E-state index is 12.1. The van der Waals surface area contributed by atoms with Crippen LogP contribution in [-0.2, 0) is 6.54 Å². The van der Waals surface area contributed by atoms with E-state index in [-0.39, 0.29) is 12.5 Å². The molecule has 2 rings (SSSR count). The summed E-state index contributed by atoms with van der Waals surface area (Å²) in [4.78, 5) is 19.0. The van der Waals surface area contributed by atoms with Crippen LogP contribution in [0.5, 0.6) is 0 Å². The molecule has 0 saturated heterocycles. The van der Waals surface area contributed by atoms with Crippen LogP contribution < -0.4 is 5.32 Å². The van der Waals surface area contributed by atoms with Gasteiger partial charge in [0.25, 0.3) is 5.91 Å². The number of rotatable bonds is 4. The Morgan fingerprint density at radius 3 is 2.86 bits per heavy atom. The first kappa shape index (κ1) is 15.7. The van der Waals surface area contributed by atoms with Gasteiger partial charge in [-0.05, 0) is 26.0 Å². The average molecular weight is 320 g/mol. The van der Waals surface area contributed by atoms with Crippen molar-refractivity contribution in [2.75, 3.05) is 6.61 Å². The number of hydrogen-bond acceptors (Lipinski definition) is 5. The molecular formula is C15H16N2O2S2. The Balaban J connectivity index is 1.93. The van der Waals surface area contributed by atoms with Gasteiger partial charge in [0, 0.05) is 11.3 Å². The SMILES string of the molecule is Cc1nc(C)c(C(=O)NCc2ccc(C#CCCO)s2)s1. The lowest BCUT2D eigenvalue weighted by Gasteiger charge is -2.01. The lowest BCUT2D eigenvalue weighted by Crippen LogP contribution is -2.22. The third-order valence-electron chi connectivity index (χ3n) is 2.64. The first-order valence-electron chi connectivity index (χ1n) is 6.51. The van der Waals surface area contributed by atoms with Gasteiger partial charge in [0.15, 0.2) is 0 Å². The molecule has 0 atom stereocenters. The van der Waals surface area contributed by atoms with E-state index in [4.69, 9.17) is 5.11 Å². The number of aryl methyl sites for hydroxylation is 2. The van der Waals surface area contributed by atoms with Gasteiger partial charge in [0.1, 0.15) is 4.88 Å². The number of hydrogen-bond donors (Lipinski definition) is 2. The molecule has 0 saturated carbocycles. The Morgan fingerprint density at radius 2 is 2.19 bits per heavy atom. The van der Waals surface area contributed by atoms with Gasteiger partial charge in [-0.1, -0.05) is 11.8 Å². The fraction of sp³-hybridized carbons (Fsp3) is 0.333. The molecule has 4 nitrogen and oxygen atoms in total. The number of carbonyl (C=O) groups excluding carboxylic acids is 1. The molecule has 0 bridgehead atoms. The molecule has 0 aliphatic carbocycles. The van der Waals surface area contributed by atoms with E-state index in [9.17, 15) is 4.79 Å². The number of aliphatic hydroxyl groups is 1. The predicted molar refractivity (Wildman–Crippen MR) is 85.7 cm³/mol. The summed E-state index contributed by atoms with van der Waals surface area (Å²) in [6, 6.07) is 3.89. The highest BCUT2D eigenvalue weighted by molar-refractivity contribution is 7.13. The van der Waals surface area contributed by atoms with Crippen LogP contribution >= 0.6 is 22.7 Å². The van der Waals surface area contributed by atoms with Crippen molar-refractivity contribution in [3.8, 4) is 11.8 Å². The summed E-state index contributed by atoms with van der Waals surface area (Å²) in [7, 11) is 0. The molecule has 1 amide bonds. The molecule has 2 N–H and O–H groups in total. The van der Waals surface area contributed by atoms with Gasteiger partial charge < -0.3 is 10.4 Å². The monoisotopic (exact) mass is 320 g/mol. The van der Waals surface area contributed by atoms with Gasteiger partial charge in [-0.2, -0.15) is 0 Å². The van der Waals surface area contributed by atoms with Crippen molar-refractivity contribution in [1.29, 1.82) is 0 Å². The van der Waals surface area contributed by atoms with E-state index in [0.717, 1.165) is 20.5 Å². The van der Waals surface area contributed by atoms with Crippen LogP contribution in [0.4, 0.5) is 0 Å². The van der Waals surface area contributed by atoms with Crippen molar-refractivity contribution in [2.45, 2.75) is 26.8 Å². The molecule has 0 aliphatic heterocycles. The zero-order valence-corrected chi connectivity index (χ0v) is 13.5. The first-order valence-corrected chi connectivity index (χ1v) is 8.14. The number of amides is 1. The second kappa shape index (κ2) is 7.36. The van der Waals surface area contributed by atoms with E-state index in [1.807, 2.05) is 26.0 Å². The van der Waals surface area contributed by atoms with Gasteiger partial charge in [-0.25, -0.2) is 4.98 Å². The second-order valence-electron chi connectivity index (χ2n) is 4.37. The van der Waals surface area contributed by atoms with E-state index in [1.165, 1.54) is 11.3 Å². The van der Waals surface area contributed by atoms with Crippen molar-refractivity contribution in [3.63, 3.8) is 0 Å². The van der Waals surface area contributed by atoms with Crippen LogP contribution in [0.25, 0.3) is 0 Å². The summed E-state index contributed by atoms with van der Waals surface area (Å²) in [5.41, 5.74) is 0.775. The van der Waals surface area contributed by atoms with E-state index in [0.29, 0.717) is 17.8 Å². The van der Waals surface area contributed by atoms with Gasteiger partial charge in [-0.3, -0.25) is 4.79 Å². The highest BCUT2D eigenvalue weighted by atomic mass is 32.1. The van der Waals surface area contributed by atoms with Crippen molar-refractivity contribution < 1.29 is 9.90 Å². The molecule has 0 radical (unpaired) electrons. The molecule has 0 aliphatic rings. The van der Waals surface area contributed by atoms with Crippen LogP contribution in [0.3, 0.4) is 0 Å². The lowest BCUT2D eigenvalue weighted by atomic mass is 10.3. The highest BCUT2D eigenvalue weighted by Gasteiger charge is 2.13. The van der Waals surface area contributed by atoms with Crippen LogP contribution in [0.15, 0.2) is 12.1 Å². The molecule has 2 aromatic heterocycles. The van der Waals surface area contributed by atoms with E-state index >= 15 is 0 Å². The summed E-state index contributed by atoms with van der Waals surface area (Å²) in [5, 5.41) is 12.5. The number of aromatic nitrogens is 1. The van der Waals surface area contributed by atoms with Gasteiger partial charge >= 0.3 is 0 Å². The molecule has 21 heavy (non-hydrogen) atoms. The third kappa shape index (κ3) is 4.39. The first-order chi connectivity index (χ1) is 10.1. The summed E-state index contributed by atoms with van der Waals surface area (Å²) in [6.07, 6.45) is 0.480. The summed E-state index contributed by atoms with van der Waals surface area (Å²) in [6.45, 7) is 4.31. The van der Waals surface area contributed by atoms with Crippen LogP contribution in [-0.4, -0.2) is 22.6 Å². The summed E-state index contributed by atoms with van der Waals surface area (Å²) >= 11 is 2.96. The molecule has 6 heteroatoms. The van der Waals surface area contributed by atoms with Crippen molar-refractivity contribution in [1.82, 2.24) is 10.3 Å². The van der Waals surface area contributed by atoms with Gasteiger partial charge in [0.2, 0.25) is 0 Å². The standard InChI is InChI=1S/C15H16N2O2S2/c1-10-14(20-11(2)17-10)15(19)16-9-13-7-6-12(21-13)5-3-4-8-18/h6-7,18H,4,8-9H2,1-2H3,(H,16,19). The fourth-order valence-electron chi connectivity index (χ4n) is 1.74. The molecule has 0 fully saturated rings. The second-order valence-corrected chi connectivity index (χ2v) is 6.74. The zero-order valence-electron chi connectivity index (χ0n) is 11.9. The lowest BCUT2D eigenvalue weighted by molar-refractivity contribution is 0.0954. The molecule has 0 aromatic carbocycles. The van der Waals surface area contributed by atoms with Crippen LogP contribution in [0.1, 0.15) is 36.5 Å². The number of thiazole rings is 1. The van der Waals surface area contributed by atoms with E-state index in [1.54, 1.807) is 11.3 Å². The Bertz CT molecular complexity index is 692. The van der Waals surface area contributed by atoms with E-state index < -0.39 is 0 Å². The average Bonchev–Trinajstić information content (AvgIpc) is 3.03. The van der Waals surface area contributed by atoms with Crippen molar-refractivity contribution >= 4 is 28.6 Å². The molecule has 2 aromatic rings. The zero-order chi connectivity index (χ0) is 15.2. The number of aliphatic hydroxyl groups excluding tert-OH is 1. The Hall–Kier alpha value is -1.68. The maximum atomic E-state index is 12.1. The molecular weight excluding hydrogens is 304 g/mol. The minimum Gasteiger partial charge on any atom is -0.395 e. The van der Waals surface area contributed by atoms with Crippen molar-refractivity contribution in [2.24, 2.45) is 0 Å². The fourth-order valence-corrected chi connectivity index (χ4v) is 3.39. The predicted octanol–water partition coefficient (Wildman–Crippen LogP) is 2.49. The molecule has 0 unspecified atom stereocenters. The Labute approximate surface area is 131 Å². The maximum Gasteiger partial charge on any atom is 0.263 e. The van der Waals surface area contributed by atoms with Gasteiger partial charge in [0.05, 0.1) is 28.7 Å². The quantitative estimate of drug-likeness (QED) is 0.851. The number of nitrogens with one attached hydrogen (secondary N) is 1. The molecule has 2 heterocycles. The minimum absolute atomic E-state index is 0.0783. The van der Waals surface area contributed by atoms with Crippen molar-refractivity contribution in [3.05, 3.63) is 37.5 Å². The largest absolute Gasteiger partial charge is 0.395 e. The topological polar surface area (TPSA) is 62.2 Å². The van der Waals surface area contributed by atoms with Crippen LogP contribution in [0, 0.1) is 25.7 Å². The highest BCUT2D eigenvalue weighted by Crippen LogP contribution is 2.18. The molecule has 0 spiro atoms.